The topological polar surface area (TPSA) is 9.23 Å². The average Bonchev–Trinajstić information content (AvgIpc) is 2.52. The van der Waals surface area contributed by atoms with Crippen LogP contribution >= 0.6 is 0 Å². The zero-order valence-corrected chi connectivity index (χ0v) is 13.0. The zero-order valence-electron chi connectivity index (χ0n) is 13.0. The van der Waals surface area contributed by atoms with Crippen LogP contribution in [0.25, 0.3) is 12.2 Å². The van der Waals surface area contributed by atoms with Crippen molar-refractivity contribution < 1.29 is 4.74 Å². The molecule has 0 saturated heterocycles. The highest BCUT2D eigenvalue weighted by atomic mass is 16.5. The summed E-state index contributed by atoms with van der Waals surface area (Å²) < 4.78 is 5.51. The van der Waals surface area contributed by atoms with Crippen molar-refractivity contribution in [3.8, 4) is 5.75 Å². The van der Waals surface area contributed by atoms with Crippen molar-refractivity contribution in [3.05, 3.63) is 76.9 Å². The molecule has 1 heteroatoms. The standard InChI is InChI=1S/C20H22O/c1-16(2)9-13-19-14-12-18(15-20(19)21-3)11-10-17-7-5-4-6-8-17/h4-12,14-15H,13H2,1-3H3. The molecule has 0 unspecified atom stereocenters. The van der Waals surface area contributed by atoms with Gasteiger partial charge in [0.2, 0.25) is 0 Å². The van der Waals surface area contributed by atoms with E-state index in [1.807, 2.05) is 18.2 Å². The molecule has 0 atom stereocenters. The van der Waals surface area contributed by atoms with Crippen LogP contribution in [-0.2, 0) is 6.42 Å². The predicted molar refractivity (Wildman–Crippen MR) is 91.5 cm³/mol. The molecule has 0 heterocycles. The fourth-order valence-electron chi connectivity index (χ4n) is 2.10. The van der Waals surface area contributed by atoms with Gasteiger partial charge in [0.1, 0.15) is 5.75 Å². The Kier molecular flexibility index (Phi) is 5.39. The second-order valence-electron chi connectivity index (χ2n) is 5.30. The van der Waals surface area contributed by atoms with Gasteiger partial charge in [-0.2, -0.15) is 0 Å². The van der Waals surface area contributed by atoms with Gasteiger partial charge in [0.15, 0.2) is 0 Å². The van der Waals surface area contributed by atoms with Crippen LogP contribution in [0, 0.1) is 0 Å². The Morgan fingerprint density at radius 3 is 2.33 bits per heavy atom. The largest absolute Gasteiger partial charge is 0.496 e. The molecular formula is C20H22O. The third-order valence-electron chi connectivity index (χ3n) is 3.31. The second-order valence-corrected chi connectivity index (χ2v) is 5.30. The molecular weight excluding hydrogens is 256 g/mol. The Morgan fingerprint density at radius 2 is 1.67 bits per heavy atom. The van der Waals surface area contributed by atoms with E-state index in [0.29, 0.717) is 0 Å². The SMILES string of the molecule is COc1cc(C=Cc2ccccc2)ccc1CC=C(C)C. The lowest BCUT2D eigenvalue weighted by Crippen LogP contribution is -1.91. The maximum Gasteiger partial charge on any atom is 0.122 e. The lowest BCUT2D eigenvalue weighted by Gasteiger charge is -2.08. The van der Waals surface area contributed by atoms with Crippen molar-refractivity contribution >= 4 is 12.2 Å². The van der Waals surface area contributed by atoms with Crippen LogP contribution in [0.2, 0.25) is 0 Å². The van der Waals surface area contributed by atoms with Crippen LogP contribution in [0.3, 0.4) is 0 Å². The zero-order chi connectivity index (χ0) is 15.1. The van der Waals surface area contributed by atoms with E-state index in [9.17, 15) is 0 Å². The van der Waals surface area contributed by atoms with Gasteiger partial charge in [-0.05, 0) is 43.0 Å². The number of methoxy groups -OCH3 is 1. The van der Waals surface area contributed by atoms with Crippen LogP contribution < -0.4 is 4.74 Å². The molecule has 21 heavy (non-hydrogen) atoms. The van der Waals surface area contributed by atoms with E-state index in [4.69, 9.17) is 4.74 Å². The van der Waals surface area contributed by atoms with E-state index >= 15 is 0 Å². The quantitative estimate of drug-likeness (QED) is 0.527. The minimum absolute atomic E-state index is 0.911. The fraction of sp³-hybridized carbons (Fsp3) is 0.200. The summed E-state index contributed by atoms with van der Waals surface area (Å²) in [5.74, 6) is 0.947. The third-order valence-corrected chi connectivity index (χ3v) is 3.31. The molecule has 0 aliphatic heterocycles. The second kappa shape index (κ2) is 7.49. The van der Waals surface area contributed by atoms with Crippen molar-refractivity contribution in [2.24, 2.45) is 0 Å². The van der Waals surface area contributed by atoms with Crippen molar-refractivity contribution in [3.63, 3.8) is 0 Å². The maximum absolute atomic E-state index is 5.51. The molecule has 108 valence electrons. The van der Waals surface area contributed by atoms with Crippen molar-refractivity contribution in [1.82, 2.24) is 0 Å². The first kappa shape index (κ1) is 15.1. The van der Waals surface area contributed by atoms with Gasteiger partial charge in [-0.1, -0.05) is 66.3 Å². The Hall–Kier alpha value is -2.28. The number of benzene rings is 2. The van der Waals surface area contributed by atoms with Crippen molar-refractivity contribution in [2.45, 2.75) is 20.3 Å². The lowest BCUT2D eigenvalue weighted by molar-refractivity contribution is 0.410. The highest BCUT2D eigenvalue weighted by molar-refractivity contribution is 5.70. The summed E-state index contributed by atoms with van der Waals surface area (Å²) in [6.07, 6.45) is 7.36. The molecule has 1 nitrogen and oxygen atoms in total. The van der Waals surface area contributed by atoms with Gasteiger partial charge < -0.3 is 4.74 Å². The Balaban J connectivity index is 2.19. The molecule has 0 bridgehead atoms. The molecule has 2 rings (SSSR count). The molecule has 2 aromatic carbocycles. The van der Waals surface area contributed by atoms with Crippen LogP contribution in [0.1, 0.15) is 30.5 Å². The van der Waals surface area contributed by atoms with Gasteiger partial charge in [0.05, 0.1) is 7.11 Å². The fourth-order valence-corrected chi connectivity index (χ4v) is 2.10. The minimum Gasteiger partial charge on any atom is -0.496 e. The smallest absolute Gasteiger partial charge is 0.122 e. The average molecular weight is 278 g/mol. The van der Waals surface area contributed by atoms with Crippen LogP contribution in [0.15, 0.2) is 60.2 Å². The highest BCUT2D eigenvalue weighted by Crippen LogP contribution is 2.22. The number of ether oxygens (including phenoxy) is 1. The first-order valence-electron chi connectivity index (χ1n) is 7.22. The minimum atomic E-state index is 0.911. The van der Waals surface area contributed by atoms with E-state index in [1.54, 1.807) is 7.11 Å². The van der Waals surface area contributed by atoms with Gasteiger partial charge in [-0.3, -0.25) is 0 Å². The number of rotatable bonds is 5. The summed E-state index contributed by atoms with van der Waals surface area (Å²) in [5.41, 5.74) is 4.89. The first-order chi connectivity index (χ1) is 10.2. The van der Waals surface area contributed by atoms with E-state index in [0.717, 1.165) is 17.7 Å². The summed E-state index contributed by atoms with van der Waals surface area (Å²) >= 11 is 0. The molecule has 0 aromatic heterocycles. The van der Waals surface area contributed by atoms with E-state index in [2.05, 4.69) is 62.4 Å². The summed E-state index contributed by atoms with van der Waals surface area (Å²) in [6.45, 7) is 4.23. The molecule has 0 spiro atoms. The molecule has 0 aliphatic rings. The molecule has 0 aliphatic carbocycles. The van der Waals surface area contributed by atoms with Gasteiger partial charge in [-0.25, -0.2) is 0 Å². The summed E-state index contributed by atoms with van der Waals surface area (Å²) in [7, 11) is 1.73. The van der Waals surface area contributed by atoms with Crippen molar-refractivity contribution in [2.75, 3.05) is 7.11 Å². The molecule has 0 fully saturated rings. The first-order valence-corrected chi connectivity index (χ1v) is 7.22. The Morgan fingerprint density at radius 1 is 0.952 bits per heavy atom. The van der Waals surface area contributed by atoms with Crippen LogP contribution in [0.5, 0.6) is 5.75 Å². The normalized spacial score (nSPS) is 10.6. The monoisotopic (exact) mass is 278 g/mol. The molecule has 0 N–H and O–H groups in total. The van der Waals surface area contributed by atoms with Gasteiger partial charge in [-0.15, -0.1) is 0 Å². The van der Waals surface area contributed by atoms with Gasteiger partial charge >= 0.3 is 0 Å². The van der Waals surface area contributed by atoms with Crippen LogP contribution in [0.4, 0.5) is 0 Å². The van der Waals surface area contributed by atoms with Gasteiger partial charge in [0, 0.05) is 0 Å². The van der Waals surface area contributed by atoms with Crippen molar-refractivity contribution in [1.29, 1.82) is 0 Å². The third kappa shape index (κ3) is 4.64. The summed E-state index contributed by atoms with van der Waals surface area (Å²) in [4.78, 5) is 0. The van der Waals surface area contributed by atoms with E-state index in [1.165, 1.54) is 16.7 Å². The van der Waals surface area contributed by atoms with Crippen LogP contribution in [-0.4, -0.2) is 7.11 Å². The Labute approximate surface area is 127 Å². The predicted octanol–water partition coefficient (Wildman–Crippen LogP) is 5.37. The summed E-state index contributed by atoms with van der Waals surface area (Å²) in [6, 6.07) is 16.7. The number of hydrogen-bond acceptors (Lipinski definition) is 1. The molecule has 0 radical (unpaired) electrons. The molecule has 0 amide bonds. The lowest BCUT2D eigenvalue weighted by atomic mass is 10.1. The molecule has 2 aromatic rings. The number of allylic oxidation sites excluding steroid dienone is 2. The molecule has 0 saturated carbocycles. The van der Waals surface area contributed by atoms with E-state index in [-0.39, 0.29) is 0 Å². The maximum atomic E-state index is 5.51. The van der Waals surface area contributed by atoms with Gasteiger partial charge in [0.25, 0.3) is 0 Å². The number of hydrogen-bond donors (Lipinski definition) is 0. The van der Waals surface area contributed by atoms with E-state index < -0.39 is 0 Å². The summed E-state index contributed by atoms with van der Waals surface area (Å²) in [5, 5.41) is 0. The highest BCUT2D eigenvalue weighted by Gasteiger charge is 2.02. The Bertz CT molecular complexity index is 632.